The smallest absolute Gasteiger partial charge is 0.326 e. The molecule has 3 amide bonds. The number of hydrogen-bond acceptors (Lipinski definition) is 7. The number of carbonyl (C=O) groups is 4. The molecule has 1 heterocycles. The molecule has 4 unspecified atom stereocenters. The topological polar surface area (TPSA) is 232 Å². The Bertz CT molecular complexity index is 756. The third kappa shape index (κ3) is 10.1. The summed E-state index contributed by atoms with van der Waals surface area (Å²) in [4.78, 5) is 55.6. The maximum absolute atomic E-state index is 13.1. The van der Waals surface area contributed by atoms with Gasteiger partial charge in [0, 0.05) is 13.1 Å². The molecule has 0 spiro atoms. The standard InChI is InChI=1S/C22H42N8O5/c1-13(2)17(20(33)30-12-6-9-16(30)21(34)35)29-19(32)15(8-3-4-10-23)28-18(31)14(24)7-5-11-27-22(25)26/h13-17H,3-12,23-24H2,1-2H3,(H,28,31)(H,29,32)(H,34,35)(H4,25,26,27). The van der Waals surface area contributed by atoms with Crippen LogP contribution in [-0.4, -0.2) is 83.5 Å². The Hall–Kier alpha value is -2.93. The molecule has 1 rings (SSSR count). The monoisotopic (exact) mass is 498 g/mol. The van der Waals surface area contributed by atoms with Crippen LogP contribution in [0.4, 0.5) is 0 Å². The number of carboxylic acid groups (broad SMARTS) is 1. The van der Waals surface area contributed by atoms with Crippen LogP contribution in [0.3, 0.4) is 0 Å². The van der Waals surface area contributed by atoms with E-state index in [1.807, 2.05) is 0 Å². The predicted molar refractivity (Wildman–Crippen MR) is 132 cm³/mol. The zero-order chi connectivity index (χ0) is 26.5. The molecule has 1 aliphatic heterocycles. The van der Waals surface area contributed by atoms with Crippen molar-refractivity contribution < 1.29 is 24.3 Å². The first-order valence-corrected chi connectivity index (χ1v) is 12.1. The van der Waals surface area contributed by atoms with Gasteiger partial charge in [0.2, 0.25) is 17.7 Å². The Morgan fingerprint density at radius 1 is 1.06 bits per heavy atom. The minimum absolute atomic E-state index is 0.0440. The molecule has 0 aromatic carbocycles. The maximum atomic E-state index is 13.1. The lowest BCUT2D eigenvalue weighted by Crippen LogP contribution is -2.58. The van der Waals surface area contributed by atoms with Crippen LogP contribution in [0.15, 0.2) is 4.99 Å². The van der Waals surface area contributed by atoms with Gasteiger partial charge < -0.3 is 43.6 Å². The molecule has 0 aromatic rings. The molecule has 0 aliphatic carbocycles. The first-order valence-electron chi connectivity index (χ1n) is 12.1. The lowest BCUT2D eigenvalue weighted by atomic mass is 10.0. The molecule has 0 saturated carbocycles. The number of nitrogens with one attached hydrogen (secondary N) is 2. The van der Waals surface area contributed by atoms with Crippen LogP contribution < -0.4 is 33.6 Å². The second-order valence-electron chi connectivity index (χ2n) is 9.16. The van der Waals surface area contributed by atoms with Gasteiger partial charge in [0.1, 0.15) is 18.1 Å². The second kappa shape index (κ2) is 15.1. The van der Waals surface area contributed by atoms with E-state index < -0.39 is 47.9 Å². The van der Waals surface area contributed by atoms with Gasteiger partial charge in [0.05, 0.1) is 6.04 Å². The van der Waals surface area contributed by atoms with Gasteiger partial charge in [-0.2, -0.15) is 0 Å². The van der Waals surface area contributed by atoms with Crippen LogP contribution in [-0.2, 0) is 19.2 Å². The van der Waals surface area contributed by atoms with E-state index >= 15 is 0 Å². The number of nitrogens with zero attached hydrogens (tertiary/aromatic N) is 2. The van der Waals surface area contributed by atoms with Gasteiger partial charge in [-0.05, 0) is 57.4 Å². The molecule has 13 nitrogen and oxygen atoms in total. The van der Waals surface area contributed by atoms with Crippen molar-refractivity contribution in [2.75, 3.05) is 19.6 Å². The molecular weight excluding hydrogens is 456 g/mol. The molecular formula is C22H42N8O5. The number of hydrogen-bond donors (Lipinski definition) is 7. The molecule has 11 N–H and O–H groups in total. The summed E-state index contributed by atoms with van der Waals surface area (Å²) in [5.74, 6) is -2.87. The first-order chi connectivity index (χ1) is 16.5. The number of carbonyl (C=O) groups excluding carboxylic acids is 3. The molecule has 4 atom stereocenters. The fraction of sp³-hybridized carbons (Fsp3) is 0.773. The number of carboxylic acids is 1. The van der Waals surface area contributed by atoms with Crippen molar-refractivity contribution in [3.8, 4) is 0 Å². The van der Waals surface area contributed by atoms with Gasteiger partial charge in [-0.1, -0.05) is 13.8 Å². The fourth-order valence-electron chi connectivity index (χ4n) is 3.92. The highest BCUT2D eigenvalue weighted by Crippen LogP contribution is 2.20. The fourth-order valence-corrected chi connectivity index (χ4v) is 3.92. The maximum Gasteiger partial charge on any atom is 0.326 e. The van der Waals surface area contributed by atoms with Crippen LogP contribution >= 0.6 is 0 Å². The summed E-state index contributed by atoms with van der Waals surface area (Å²) in [5.41, 5.74) is 22.1. The van der Waals surface area contributed by atoms with Gasteiger partial charge in [-0.15, -0.1) is 0 Å². The van der Waals surface area contributed by atoms with E-state index in [1.54, 1.807) is 13.8 Å². The Balaban J connectivity index is 2.87. The SMILES string of the molecule is CC(C)C(NC(=O)C(CCCCN)NC(=O)C(N)CCCN=C(N)N)C(=O)N1CCCC1C(=O)O. The quantitative estimate of drug-likeness (QED) is 0.0765. The predicted octanol–water partition coefficient (Wildman–Crippen LogP) is -1.80. The summed E-state index contributed by atoms with van der Waals surface area (Å²) in [6.07, 6.45) is 3.32. The molecule has 1 aliphatic rings. The van der Waals surface area contributed by atoms with E-state index in [0.29, 0.717) is 64.6 Å². The number of guanidine groups is 1. The highest BCUT2D eigenvalue weighted by molar-refractivity contribution is 5.94. The van der Waals surface area contributed by atoms with Crippen molar-refractivity contribution in [1.29, 1.82) is 0 Å². The first kappa shape index (κ1) is 30.1. The minimum Gasteiger partial charge on any atom is -0.480 e. The average Bonchev–Trinajstić information content (AvgIpc) is 3.29. The highest BCUT2D eigenvalue weighted by Gasteiger charge is 2.39. The minimum atomic E-state index is -1.06. The molecule has 13 heteroatoms. The van der Waals surface area contributed by atoms with Crippen molar-refractivity contribution in [3.63, 3.8) is 0 Å². The molecule has 0 bridgehead atoms. The Morgan fingerprint density at radius 3 is 2.31 bits per heavy atom. The van der Waals surface area contributed by atoms with Crippen molar-refractivity contribution in [2.45, 2.75) is 83.0 Å². The van der Waals surface area contributed by atoms with Crippen LogP contribution in [0, 0.1) is 5.92 Å². The second-order valence-corrected chi connectivity index (χ2v) is 9.16. The van der Waals surface area contributed by atoms with E-state index in [1.165, 1.54) is 4.90 Å². The number of rotatable bonds is 15. The number of likely N-dealkylation sites (tertiary alicyclic amines) is 1. The number of unbranched alkanes of at least 4 members (excludes halogenated alkanes) is 1. The van der Waals surface area contributed by atoms with E-state index in [2.05, 4.69) is 15.6 Å². The number of amides is 3. The lowest BCUT2D eigenvalue weighted by Gasteiger charge is -2.30. The normalized spacial score (nSPS) is 18.0. The van der Waals surface area contributed by atoms with Crippen molar-refractivity contribution in [2.24, 2.45) is 33.8 Å². The van der Waals surface area contributed by atoms with Crippen LogP contribution in [0.25, 0.3) is 0 Å². The van der Waals surface area contributed by atoms with Crippen molar-refractivity contribution in [1.82, 2.24) is 15.5 Å². The van der Waals surface area contributed by atoms with Gasteiger partial charge in [0.25, 0.3) is 0 Å². The highest BCUT2D eigenvalue weighted by atomic mass is 16.4. The third-order valence-electron chi connectivity index (χ3n) is 5.94. The molecule has 1 fully saturated rings. The number of aliphatic imine (C=N–C) groups is 1. The summed E-state index contributed by atoms with van der Waals surface area (Å²) in [6, 6.07) is -3.61. The summed E-state index contributed by atoms with van der Waals surface area (Å²) < 4.78 is 0. The number of nitrogens with two attached hydrogens (primary N) is 4. The average molecular weight is 499 g/mol. The molecule has 0 aromatic heterocycles. The van der Waals surface area contributed by atoms with Gasteiger partial charge in [-0.3, -0.25) is 19.4 Å². The zero-order valence-electron chi connectivity index (χ0n) is 20.7. The molecule has 35 heavy (non-hydrogen) atoms. The van der Waals surface area contributed by atoms with E-state index in [-0.39, 0.29) is 11.9 Å². The van der Waals surface area contributed by atoms with Crippen LogP contribution in [0.1, 0.15) is 58.8 Å². The van der Waals surface area contributed by atoms with E-state index in [4.69, 9.17) is 22.9 Å². The third-order valence-corrected chi connectivity index (χ3v) is 5.94. The van der Waals surface area contributed by atoms with Crippen LogP contribution in [0.5, 0.6) is 0 Å². The van der Waals surface area contributed by atoms with E-state index in [9.17, 15) is 24.3 Å². The summed E-state index contributed by atoms with van der Waals surface area (Å²) in [6.45, 7) is 4.62. The largest absolute Gasteiger partial charge is 0.480 e. The summed E-state index contributed by atoms with van der Waals surface area (Å²) >= 11 is 0. The zero-order valence-corrected chi connectivity index (χ0v) is 20.7. The lowest BCUT2D eigenvalue weighted by molar-refractivity contribution is -0.150. The Labute approximate surface area is 206 Å². The summed E-state index contributed by atoms with van der Waals surface area (Å²) in [7, 11) is 0. The molecule has 200 valence electrons. The summed E-state index contributed by atoms with van der Waals surface area (Å²) in [5, 5.41) is 14.8. The van der Waals surface area contributed by atoms with Gasteiger partial charge in [-0.25, -0.2) is 4.79 Å². The molecule has 0 radical (unpaired) electrons. The van der Waals surface area contributed by atoms with Crippen molar-refractivity contribution in [3.05, 3.63) is 0 Å². The van der Waals surface area contributed by atoms with Crippen LogP contribution in [0.2, 0.25) is 0 Å². The van der Waals surface area contributed by atoms with Gasteiger partial charge >= 0.3 is 5.97 Å². The number of aliphatic carboxylic acids is 1. The van der Waals surface area contributed by atoms with Gasteiger partial charge in [0.15, 0.2) is 5.96 Å². The molecule has 1 saturated heterocycles. The van der Waals surface area contributed by atoms with E-state index in [0.717, 1.165) is 0 Å². The van der Waals surface area contributed by atoms with Crippen molar-refractivity contribution >= 4 is 29.7 Å². The Morgan fingerprint density at radius 2 is 1.74 bits per heavy atom. The Kier molecular flexibility index (Phi) is 13.0.